The molecule has 0 aromatic heterocycles. The van der Waals surface area contributed by atoms with Crippen LogP contribution in [-0.2, 0) is 25.7 Å². The number of aromatic hydroxyl groups is 6. The summed E-state index contributed by atoms with van der Waals surface area (Å²) >= 11 is 0. The molecular weight excluding hydrogens is 592 g/mol. The van der Waals surface area contributed by atoms with Gasteiger partial charge in [0.15, 0.2) is 0 Å². The summed E-state index contributed by atoms with van der Waals surface area (Å²) in [7, 11) is 0. The topological polar surface area (TPSA) is 131 Å². The molecule has 0 aliphatic carbocycles. The summed E-state index contributed by atoms with van der Waals surface area (Å²) in [5.41, 5.74) is 6.47. The zero-order valence-electron chi connectivity index (χ0n) is 25.5. The van der Waals surface area contributed by atoms with Crippen molar-refractivity contribution >= 4 is 0 Å². The van der Waals surface area contributed by atoms with Gasteiger partial charge in [-0.2, -0.15) is 0 Å². The summed E-state index contributed by atoms with van der Waals surface area (Å²) in [6.45, 7) is 0. The molecule has 0 bridgehead atoms. The molecule has 47 heavy (non-hydrogen) atoms. The average molecular weight is 627 g/mol. The highest BCUT2D eigenvalue weighted by molar-refractivity contribution is 5.51. The minimum Gasteiger partial charge on any atom is -0.508 e. The third kappa shape index (κ3) is 7.43. The van der Waals surface area contributed by atoms with Crippen molar-refractivity contribution in [2.45, 2.75) is 25.7 Å². The van der Waals surface area contributed by atoms with Gasteiger partial charge < -0.3 is 35.4 Å². The molecular formula is C40H34O7. The first kappa shape index (κ1) is 30.9. The molecule has 0 radical (unpaired) electrons. The molecule has 0 saturated heterocycles. The van der Waals surface area contributed by atoms with Crippen LogP contribution in [0.4, 0.5) is 0 Å². The highest BCUT2D eigenvalue weighted by Crippen LogP contribution is 2.36. The predicted octanol–water partition coefficient (Wildman–Crippen LogP) is 8.08. The lowest BCUT2D eigenvalue weighted by Crippen LogP contribution is -2.01. The maximum Gasteiger partial charge on any atom is 0.131 e. The summed E-state index contributed by atoms with van der Waals surface area (Å²) in [6.07, 6.45) is 1.63. The Balaban J connectivity index is 1.30. The molecule has 7 nitrogen and oxygen atoms in total. The van der Waals surface area contributed by atoms with E-state index in [0.29, 0.717) is 48.3 Å². The summed E-state index contributed by atoms with van der Waals surface area (Å²) in [4.78, 5) is 0. The Morgan fingerprint density at radius 3 is 0.979 bits per heavy atom. The monoisotopic (exact) mass is 626 g/mol. The zero-order valence-corrected chi connectivity index (χ0v) is 25.5. The number of rotatable bonds is 10. The van der Waals surface area contributed by atoms with Crippen molar-refractivity contribution < 1.29 is 35.4 Å². The van der Waals surface area contributed by atoms with Gasteiger partial charge in [0.05, 0.1) is 0 Å². The third-order valence-electron chi connectivity index (χ3n) is 8.19. The molecule has 6 rings (SSSR count). The third-order valence-corrected chi connectivity index (χ3v) is 8.19. The lowest BCUT2D eigenvalue weighted by Gasteiger charge is -2.18. The predicted molar refractivity (Wildman–Crippen MR) is 180 cm³/mol. The van der Waals surface area contributed by atoms with Gasteiger partial charge in [-0.3, -0.25) is 0 Å². The van der Waals surface area contributed by atoms with Gasteiger partial charge in [-0.25, -0.2) is 0 Å². The number of hydrogen-bond acceptors (Lipinski definition) is 7. The van der Waals surface area contributed by atoms with E-state index in [2.05, 4.69) is 0 Å². The molecule has 6 N–H and O–H groups in total. The van der Waals surface area contributed by atoms with Crippen LogP contribution in [0.5, 0.6) is 46.0 Å². The van der Waals surface area contributed by atoms with Crippen LogP contribution < -0.4 is 4.74 Å². The summed E-state index contributed by atoms with van der Waals surface area (Å²) in [6, 6.07) is 34.4. The van der Waals surface area contributed by atoms with E-state index in [-0.39, 0.29) is 34.5 Å². The van der Waals surface area contributed by atoms with E-state index in [4.69, 9.17) is 4.74 Å². The second-order valence-corrected chi connectivity index (χ2v) is 11.6. The van der Waals surface area contributed by atoms with Crippen molar-refractivity contribution in [1.29, 1.82) is 0 Å². The van der Waals surface area contributed by atoms with E-state index >= 15 is 0 Å². The number of phenols is 6. The number of phenolic OH excluding ortho intramolecular Hbond substituents is 6. The molecule has 0 spiro atoms. The first-order valence-electron chi connectivity index (χ1n) is 15.2. The smallest absolute Gasteiger partial charge is 0.131 e. The normalized spacial score (nSPS) is 11.0. The maximum absolute atomic E-state index is 10.4. The van der Waals surface area contributed by atoms with Gasteiger partial charge in [0.25, 0.3) is 0 Å². The summed E-state index contributed by atoms with van der Waals surface area (Å²) < 4.78 is 6.51. The molecule has 0 aliphatic rings. The van der Waals surface area contributed by atoms with Gasteiger partial charge in [0.1, 0.15) is 46.0 Å². The first-order valence-corrected chi connectivity index (χ1v) is 15.2. The largest absolute Gasteiger partial charge is 0.508 e. The van der Waals surface area contributed by atoms with Crippen molar-refractivity contribution in [3.8, 4) is 46.0 Å². The molecule has 0 heterocycles. The Bertz CT molecular complexity index is 1900. The maximum atomic E-state index is 10.4. The minimum atomic E-state index is 0.0729. The van der Waals surface area contributed by atoms with Crippen molar-refractivity contribution in [2.75, 3.05) is 0 Å². The second kappa shape index (κ2) is 13.5. The summed E-state index contributed by atoms with van der Waals surface area (Å²) in [5, 5.41) is 61.6. The van der Waals surface area contributed by atoms with E-state index in [1.165, 1.54) is 24.3 Å². The molecule has 6 aromatic carbocycles. The number of hydrogen-bond donors (Lipinski definition) is 6. The van der Waals surface area contributed by atoms with E-state index in [1.807, 2.05) is 48.5 Å². The van der Waals surface area contributed by atoms with Crippen LogP contribution in [0, 0.1) is 0 Å². The quantitative estimate of drug-likeness (QED) is 0.0848. The fourth-order valence-electron chi connectivity index (χ4n) is 5.78. The lowest BCUT2D eigenvalue weighted by molar-refractivity contribution is 0.452. The molecule has 0 amide bonds. The van der Waals surface area contributed by atoms with Crippen LogP contribution >= 0.6 is 0 Å². The van der Waals surface area contributed by atoms with Crippen molar-refractivity contribution in [3.05, 3.63) is 166 Å². The fourth-order valence-corrected chi connectivity index (χ4v) is 5.78. The average Bonchev–Trinajstić information content (AvgIpc) is 3.05. The van der Waals surface area contributed by atoms with E-state index in [1.54, 1.807) is 48.5 Å². The number of ether oxygens (including phenoxy) is 1. The van der Waals surface area contributed by atoms with Crippen LogP contribution in [0.2, 0.25) is 0 Å². The molecule has 236 valence electrons. The fraction of sp³-hybridized carbons (Fsp3) is 0.100. The van der Waals surface area contributed by atoms with Gasteiger partial charge >= 0.3 is 0 Å². The van der Waals surface area contributed by atoms with Crippen LogP contribution in [0.3, 0.4) is 0 Å². The van der Waals surface area contributed by atoms with Crippen molar-refractivity contribution in [1.82, 2.24) is 0 Å². The minimum absolute atomic E-state index is 0.0729. The van der Waals surface area contributed by atoms with Gasteiger partial charge in [0, 0.05) is 47.9 Å². The van der Waals surface area contributed by atoms with Crippen molar-refractivity contribution in [3.63, 3.8) is 0 Å². The zero-order chi connectivity index (χ0) is 32.9. The Morgan fingerprint density at radius 1 is 0.319 bits per heavy atom. The van der Waals surface area contributed by atoms with E-state index in [0.717, 1.165) is 33.4 Å². The van der Waals surface area contributed by atoms with Gasteiger partial charge in [-0.1, -0.05) is 48.5 Å². The Kier molecular flexibility index (Phi) is 8.88. The first-order chi connectivity index (χ1) is 22.7. The van der Waals surface area contributed by atoms with Crippen molar-refractivity contribution in [2.24, 2.45) is 0 Å². The van der Waals surface area contributed by atoms with Crippen LogP contribution in [0.15, 0.2) is 121 Å². The standard InChI is InChI=1S/C40H34O7/c41-33-9-13-37(45)29(21-33)17-25-5-1-3-7-27(25)19-31-23-35(43)11-15-39(31)47-40-16-12-36(44)24-32(40)20-28-8-4-2-6-26(28)18-30-22-34(42)10-14-38(30)46/h1-16,21-24,41-46H,17-20H2. The Morgan fingerprint density at radius 2 is 0.617 bits per heavy atom. The number of benzene rings is 6. The molecule has 0 fully saturated rings. The highest BCUT2D eigenvalue weighted by Gasteiger charge is 2.16. The SMILES string of the molecule is Oc1ccc(O)c(Cc2ccccc2Cc2cc(O)ccc2Oc2ccc(O)cc2Cc2ccccc2Cc2cc(O)ccc2O)c1. The highest BCUT2D eigenvalue weighted by atomic mass is 16.5. The lowest BCUT2D eigenvalue weighted by atomic mass is 9.94. The van der Waals surface area contributed by atoms with Crippen LogP contribution in [-0.4, -0.2) is 30.6 Å². The second-order valence-electron chi connectivity index (χ2n) is 11.6. The molecule has 6 aromatic rings. The Hall–Kier alpha value is -6.08. The van der Waals surface area contributed by atoms with E-state index in [9.17, 15) is 30.6 Å². The molecule has 0 saturated carbocycles. The van der Waals surface area contributed by atoms with Crippen LogP contribution in [0.25, 0.3) is 0 Å². The van der Waals surface area contributed by atoms with E-state index < -0.39 is 0 Å². The van der Waals surface area contributed by atoms with Gasteiger partial charge in [-0.15, -0.1) is 0 Å². The molecule has 7 heteroatoms. The molecule has 0 aliphatic heterocycles. The van der Waals surface area contributed by atoms with Gasteiger partial charge in [0.2, 0.25) is 0 Å². The van der Waals surface area contributed by atoms with Crippen LogP contribution in [0.1, 0.15) is 44.5 Å². The Labute approximate surface area is 272 Å². The summed E-state index contributed by atoms with van der Waals surface area (Å²) in [5.74, 6) is 1.58. The molecule has 0 atom stereocenters. The molecule has 0 unspecified atom stereocenters. The van der Waals surface area contributed by atoms with Gasteiger partial charge in [-0.05, 0) is 95.1 Å².